The Kier molecular flexibility index (Phi) is 3.43. The van der Waals surface area contributed by atoms with Crippen LogP contribution in [0.3, 0.4) is 0 Å². The zero-order chi connectivity index (χ0) is 12.3. The van der Waals surface area contributed by atoms with Crippen LogP contribution in [0, 0.1) is 0 Å². The molecule has 6 heteroatoms. The second-order valence-electron chi connectivity index (χ2n) is 4.01. The molecule has 0 aromatic carbocycles. The van der Waals surface area contributed by atoms with Gasteiger partial charge in [0.1, 0.15) is 0 Å². The van der Waals surface area contributed by atoms with Crippen LogP contribution in [-0.2, 0) is 4.74 Å². The van der Waals surface area contributed by atoms with Crippen molar-refractivity contribution in [1.82, 2.24) is 4.98 Å². The van der Waals surface area contributed by atoms with Gasteiger partial charge < -0.3 is 20.6 Å². The lowest BCUT2D eigenvalue weighted by molar-refractivity contribution is 0.0532. The van der Waals surface area contributed by atoms with Crippen molar-refractivity contribution in [3.63, 3.8) is 0 Å². The third-order valence-electron chi connectivity index (χ3n) is 2.77. The molecule has 1 aliphatic rings. The van der Waals surface area contributed by atoms with E-state index in [0.717, 1.165) is 18.8 Å². The van der Waals surface area contributed by atoms with Gasteiger partial charge in [-0.1, -0.05) is 5.16 Å². The molecule has 0 amide bonds. The van der Waals surface area contributed by atoms with E-state index in [4.69, 9.17) is 15.7 Å². The molecule has 6 nitrogen and oxygen atoms in total. The quantitative estimate of drug-likeness (QED) is 0.336. The number of hydrogen-bond donors (Lipinski definition) is 2. The maximum Gasteiger partial charge on any atom is 0.172 e. The highest BCUT2D eigenvalue weighted by Crippen LogP contribution is 2.21. The highest BCUT2D eigenvalue weighted by Gasteiger charge is 2.20. The molecule has 1 aromatic rings. The second-order valence-corrected chi connectivity index (χ2v) is 4.01. The number of rotatable bonds is 2. The smallest absolute Gasteiger partial charge is 0.172 e. The molecule has 1 aliphatic heterocycles. The molecule has 0 bridgehead atoms. The average Bonchev–Trinajstić information content (AvgIpc) is 2.38. The molecule has 1 atom stereocenters. The van der Waals surface area contributed by atoms with E-state index in [2.05, 4.69) is 15.0 Å². The molecule has 3 N–H and O–H groups in total. The summed E-state index contributed by atoms with van der Waals surface area (Å²) in [6.45, 7) is 4.25. The van der Waals surface area contributed by atoms with Gasteiger partial charge in [-0.05, 0) is 13.0 Å². The summed E-state index contributed by atoms with van der Waals surface area (Å²) in [7, 11) is 0. The summed E-state index contributed by atoms with van der Waals surface area (Å²) < 4.78 is 5.48. The van der Waals surface area contributed by atoms with Crippen molar-refractivity contribution in [3.8, 4) is 0 Å². The number of aromatic nitrogens is 1. The fraction of sp³-hybridized carbons (Fsp3) is 0.455. The van der Waals surface area contributed by atoms with Crippen molar-refractivity contribution in [2.45, 2.75) is 13.0 Å². The number of morpholine rings is 1. The summed E-state index contributed by atoms with van der Waals surface area (Å²) in [6.07, 6.45) is 3.52. The molecule has 0 radical (unpaired) electrons. The van der Waals surface area contributed by atoms with Crippen LogP contribution in [0.5, 0.6) is 0 Å². The summed E-state index contributed by atoms with van der Waals surface area (Å²) >= 11 is 0. The predicted octanol–water partition coefficient (Wildman–Crippen LogP) is 0.401. The number of pyridine rings is 1. The highest BCUT2D eigenvalue weighted by atomic mass is 16.5. The SMILES string of the molecule is CC1CN(c2cnccc2/C(N)=N/O)CCO1. The van der Waals surface area contributed by atoms with Crippen LogP contribution in [0.25, 0.3) is 0 Å². The van der Waals surface area contributed by atoms with E-state index in [0.29, 0.717) is 12.2 Å². The summed E-state index contributed by atoms with van der Waals surface area (Å²) in [5, 5.41) is 11.8. The lowest BCUT2D eigenvalue weighted by atomic mass is 10.1. The van der Waals surface area contributed by atoms with Gasteiger partial charge in [0.25, 0.3) is 0 Å². The Labute approximate surface area is 99.7 Å². The van der Waals surface area contributed by atoms with Crippen molar-refractivity contribution >= 4 is 11.5 Å². The van der Waals surface area contributed by atoms with E-state index in [1.54, 1.807) is 18.5 Å². The molecule has 2 heterocycles. The molecule has 0 saturated carbocycles. The number of nitrogens with zero attached hydrogens (tertiary/aromatic N) is 3. The maximum atomic E-state index is 8.76. The number of anilines is 1. The standard InChI is InChI=1S/C11H16N4O2/c1-8-7-15(4-5-17-8)10-6-13-3-2-9(10)11(12)14-16/h2-3,6,8,16H,4-5,7H2,1H3,(H2,12,14). The van der Waals surface area contributed by atoms with Gasteiger partial charge >= 0.3 is 0 Å². The lowest BCUT2D eigenvalue weighted by Gasteiger charge is -2.33. The molecular formula is C11H16N4O2. The van der Waals surface area contributed by atoms with Crippen molar-refractivity contribution in [2.75, 3.05) is 24.6 Å². The van der Waals surface area contributed by atoms with Crippen molar-refractivity contribution in [1.29, 1.82) is 0 Å². The van der Waals surface area contributed by atoms with Crippen LogP contribution < -0.4 is 10.6 Å². The number of nitrogens with two attached hydrogens (primary N) is 1. The summed E-state index contributed by atoms with van der Waals surface area (Å²) in [5.41, 5.74) is 7.22. The van der Waals surface area contributed by atoms with Crippen molar-refractivity contribution in [2.24, 2.45) is 10.9 Å². The van der Waals surface area contributed by atoms with Gasteiger partial charge in [-0.2, -0.15) is 0 Å². The van der Waals surface area contributed by atoms with Crippen LogP contribution in [0.2, 0.25) is 0 Å². The van der Waals surface area contributed by atoms with Gasteiger partial charge in [0.2, 0.25) is 0 Å². The van der Waals surface area contributed by atoms with E-state index in [9.17, 15) is 0 Å². The zero-order valence-corrected chi connectivity index (χ0v) is 9.71. The van der Waals surface area contributed by atoms with Crippen molar-refractivity contribution < 1.29 is 9.94 Å². The molecule has 92 valence electrons. The summed E-state index contributed by atoms with van der Waals surface area (Å²) in [6, 6.07) is 1.74. The van der Waals surface area contributed by atoms with E-state index in [-0.39, 0.29) is 11.9 Å². The van der Waals surface area contributed by atoms with Crippen LogP contribution in [-0.4, -0.2) is 41.8 Å². The minimum Gasteiger partial charge on any atom is -0.409 e. The van der Waals surface area contributed by atoms with Gasteiger partial charge in [-0.15, -0.1) is 0 Å². The molecule has 1 fully saturated rings. The largest absolute Gasteiger partial charge is 0.409 e. The Morgan fingerprint density at radius 1 is 1.71 bits per heavy atom. The molecule has 0 spiro atoms. The second kappa shape index (κ2) is 5.01. The molecule has 1 aromatic heterocycles. The Morgan fingerprint density at radius 2 is 2.53 bits per heavy atom. The third-order valence-corrected chi connectivity index (χ3v) is 2.77. The fourth-order valence-electron chi connectivity index (χ4n) is 1.95. The van der Waals surface area contributed by atoms with Crippen molar-refractivity contribution in [3.05, 3.63) is 24.0 Å². The van der Waals surface area contributed by atoms with Crippen LogP contribution in [0.4, 0.5) is 5.69 Å². The fourth-order valence-corrected chi connectivity index (χ4v) is 1.95. The van der Waals surface area contributed by atoms with E-state index in [1.807, 2.05) is 6.92 Å². The first kappa shape index (κ1) is 11.7. The van der Waals surface area contributed by atoms with E-state index < -0.39 is 0 Å². The van der Waals surface area contributed by atoms with Crippen LogP contribution in [0.1, 0.15) is 12.5 Å². The minimum absolute atomic E-state index is 0.0987. The molecule has 17 heavy (non-hydrogen) atoms. The topological polar surface area (TPSA) is 84.0 Å². The Hall–Kier alpha value is -1.82. The summed E-state index contributed by atoms with van der Waals surface area (Å²) in [4.78, 5) is 6.22. The summed E-state index contributed by atoms with van der Waals surface area (Å²) in [5.74, 6) is 0.0987. The van der Waals surface area contributed by atoms with E-state index >= 15 is 0 Å². The van der Waals surface area contributed by atoms with Gasteiger partial charge in [0.15, 0.2) is 5.84 Å². The number of oxime groups is 1. The molecular weight excluding hydrogens is 220 g/mol. The Morgan fingerprint density at radius 3 is 3.24 bits per heavy atom. The number of amidine groups is 1. The Balaban J connectivity index is 2.31. The Bertz CT molecular complexity index is 422. The monoisotopic (exact) mass is 236 g/mol. The van der Waals surface area contributed by atoms with Crippen LogP contribution >= 0.6 is 0 Å². The zero-order valence-electron chi connectivity index (χ0n) is 9.71. The number of ether oxygens (including phenoxy) is 1. The van der Waals surface area contributed by atoms with Gasteiger partial charge in [-0.25, -0.2) is 0 Å². The minimum atomic E-state index is 0.0987. The number of hydrogen-bond acceptors (Lipinski definition) is 5. The van der Waals surface area contributed by atoms with Gasteiger partial charge in [0.05, 0.1) is 24.6 Å². The molecule has 1 unspecified atom stereocenters. The molecule has 1 saturated heterocycles. The lowest BCUT2D eigenvalue weighted by Crippen LogP contribution is -2.42. The van der Waals surface area contributed by atoms with Crippen LogP contribution in [0.15, 0.2) is 23.6 Å². The van der Waals surface area contributed by atoms with E-state index in [1.165, 1.54) is 0 Å². The normalized spacial score (nSPS) is 21.6. The highest BCUT2D eigenvalue weighted by molar-refractivity contribution is 6.02. The van der Waals surface area contributed by atoms with Gasteiger partial charge in [-0.3, -0.25) is 4.98 Å². The molecule has 0 aliphatic carbocycles. The third kappa shape index (κ3) is 2.47. The first-order valence-electron chi connectivity index (χ1n) is 5.51. The maximum absolute atomic E-state index is 8.76. The predicted molar refractivity (Wildman–Crippen MR) is 64.4 cm³/mol. The van der Waals surface area contributed by atoms with Gasteiger partial charge in [0, 0.05) is 24.8 Å². The molecule has 2 rings (SSSR count). The first-order valence-corrected chi connectivity index (χ1v) is 5.51. The average molecular weight is 236 g/mol. The first-order chi connectivity index (χ1) is 8.22.